The fraction of sp³-hybridized carbons (Fsp3) is 0.267. The predicted molar refractivity (Wildman–Crippen MR) is 82.1 cm³/mol. The van der Waals surface area contributed by atoms with Crippen LogP contribution < -0.4 is 15.8 Å². The summed E-state index contributed by atoms with van der Waals surface area (Å²) in [5.74, 6) is 0.138. The number of aliphatic carboxylic acids is 1. The Bertz CT molecular complexity index is 631. The lowest BCUT2D eigenvalue weighted by Crippen LogP contribution is -2.15. The molecule has 22 heavy (non-hydrogen) atoms. The smallest absolute Gasteiger partial charge is 0.305 e. The quantitative estimate of drug-likeness (QED) is 0.718. The van der Waals surface area contributed by atoms with Crippen molar-refractivity contribution in [1.29, 1.82) is 0 Å². The van der Waals surface area contributed by atoms with Gasteiger partial charge in [-0.25, -0.2) is 9.97 Å². The van der Waals surface area contributed by atoms with Gasteiger partial charge in [-0.1, -0.05) is 12.1 Å². The van der Waals surface area contributed by atoms with E-state index in [2.05, 4.69) is 15.3 Å². The molecule has 0 aliphatic carbocycles. The highest BCUT2D eigenvalue weighted by molar-refractivity contribution is 5.68. The first kappa shape index (κ1) is 15.7. The number of hydrogen-bond donors (Lipinski definition) is 3. The first-order valence-corrected chi connectivity index (χ1v) is 6.88. The molecule has 1 aromatic carbocycles. The van der Waals surface area contributed by atoms with Crippen LogP contribution >= 0.6 is 0 Å². The summed E-state index contributed by atoms with van der Waals surface area (Å²) in [6.45, 7) is 2.47. The number of para-hydroxylation sites is 2. The van der Waals surface area contributed by atoms with Crippen molar-refractivity contribution < 1.29 is 14.6 Å². The summed E-state index contributed by atoms with van der Waals surface area (Å²) in [5, 5.41) is 11.8. The molecule has 7 nitrogen and oxygen atoms in total. The Kier molecular flexibility index (Phi) is 5.26. The van der Waals surface area contributed by atoms with Crippen LogP contribution in [0.4, 0.5) is 11.6 Å². The Balaban J connectivity index is 2.10. The average Bonchev–Trinajstić information content (AvgIpc) is 2.49. The number of carboxylic acid groups (broad SMARTS) is 1. The number of anilines is 2. The first-order valence-electron chi connectivity index (χ1n) is 6.88. The van der Waals surface area contributed by atoms with E-state index in [0.717, 1.165) is 5.69 Å². The van der Waals surface area contributed by atoms with Crippen LogP contribution in [0, 0.1) is 0 Å². The molecule has 0 aliphatic rings. The number of nitrogens with one attached hydrogen (secondary N) is 1. The molecule has 0 spiro atoms. The Hall–Kier alpha value is -2.67. The van der Waals surface area contributed by atoms with Crippen LogP contribution in [-0.4, -0.2) is 27.7 Å². The van der Waals surface area contributed by atoms with Gasteiger partial charge in [0.05, 0.1) is 18.7 Å². The number of ether oxygens (including phenoxy) is 1. The molecule has 1 heterocycles. The van der Waals surface area contributed by atoms with E-state index in [1.54, 1.807) is 0 Å². The van der Waals surface area contributed by atoms with E-state index < -0.39 is 12.0 Å². The zero-order valence-corrected chi connectivity index (χ0v) is 12.2. The van der Waals surface area contributed by atoms with Crippen LogP contribution in [0.15, 0.2) is 36.7 Å². The lowest BCUT2D eigenvalue weighted by atomic mass is 10.1. The summed E-state index contributed by atoms with van der Waals surface area (Å²) in [7, 11) is 0. The highest BCUT2D eigenvalue weighted by Crippen LogP contribution is 2.26. The molecular formula is C15H18N4O3. The molecule has 1 atom stereocenters. The highest BCUT2D eigenvalue weighted by atomic mass is 16.5. The molecule has 0 fully saturated rings. The van der Waals surface area contributed by atoms with Gasteiger partial charge in [0, 0.05) is 24.0 Å². The van der Waals surface area contributed by atoms with Crippen LogP contribution in [0.3, 0.4) is 0 Å². The van der Waals surface area contributed by atoms with Gasteiger partial charge in [-0.2, -0.15) is 0 Å². The number of carbonyl (C=O) groups is 1. The van der Waals surface area contributed by atoms with E-state index in [9.17, 15) is 4.79 Å². The first-order chi connectivity index (χ1) is 10.6. The number of nitrogens with two attached hydrogens (primary N) is 1. The molecule has 0 aliphatic heterocycles. The minimum absolute atomic E-state index is 0.163. The molecule has 0 saturated heterocycles. The monoisotopic (exact) mass is 302 g/mol. The molecule has 0 unspecified atom stereocenters. The van der Waals surface area contributed by atoms with E-state index in [-0.39, 0.29) is 6.42 Å². The standard InChI is InChI=1S/C15H18N4O3/c1-2-22-13-6-4-3-5-12(13)19-15-17-8-10(9-18-15)11(16)7-14(20)21/h3-6,8-9,11H,2,7,16H2,1H3,(H,20,21)(H,17,18,19)/t11-/m0/s1. The average molecular weight is 302 g/mol. The predicted octanol–water partition coefficient (Wildman–Crippen LogP) is 2.09. The molecule has 2 aromatic rings. The van der Waals surface area contributed by atoms with E-state index in [1.807, 2.05) is 31.2 Å². The van der Waals surface area contributed by atoms with Crippen molar-refractivity contribution in [3.63, 3.8) is 0 Å². The topological polar surface area (TPSA) is 110 Å². The van der Waals surface area contributed by atoms with Gasteiger partial charge in [0.15, 0.2) is 0 Å². The van der Waals surface area contributed by atoms with Gasteiger partial charge in [-0.05, 0) is 19.1 Å². The van der Waals surface area contributed by atoms with E-state index in [0.29, 0.717) is 23.9 Å². The van der Waals surface area contributed by atoms with Gasteiger partial charge in [-0.3, -0.25) is 4.79 Å². The maximum Gasteiger partial charge on any atom is 0.305 e. The zero-order valence-electron chi connectivity index (χ0n) is 12.2. The van der Waals surface area contributed by atoms with Gasteiger partial charge >= 0.3 is 5.97 Å². The largest absolute Gasteiger partial charge is 0.492 e. The van der Waals surface area contributed by atoms with Crippen LogP contribution in [0.1, 0.15) is 24.9 Å². The maximum atomic E-state index is 10.6. The van der Waals surface area contributed by atoms with Crippen LogP contribution in [0.5, 0.6) is 5.75 Å². The molecule has 0 saturated carbocycles. The van der Waals surface area contributed by atoms with Crippen molar-refractivity contribution in [2.45, 2.75) is 19.4 Å². The third-order valence-corrected chi connectivity index (χ3v) is 2.93. The summed E-state index contributed by atoms with van der Waals surface area (Å²) in [6.07, 6.45) is 2.88. The molecule has 7 heteroatoms. The van der Waals surface area contributed by atoms with Crippen LogP contribution in [0.25, 0.3) is 0 Å². The molecule has 1 aromatic heterocycles. The van der Waals surface area contributed by atoms with E-state index in [1.165, 1.54) is 12.4 Å². The van der Waals surface area contributed by atoms with Gasteiger partial charge < -0.3 is 20.9 Å². The molecule has 0 bridgehead atoms. The SMILES string of the molecule is CCOc1ccccc1Nc1ncc([C@@H](N)CC(=O)O)cn1. The number of benzene rings is 1. The summed E-state index contributed by atoms with van der Waals surface area (Å²) < 4.78 is 5.51. The molecular weight excluding hydrogens is 284 g/mol. The van der Waals surface area contributed by atoms with Crippen molar-refractivity contribution >= 4 is 17.6 Å². The number of hydrogen-bond acceptors (Lipinski definition) is 6. The zero-order chi connectivity index (χ0) is 15.9. The minimum atomic E-state index is -0.958. The molecule has 116 valence electrons. The fourth-order valence-electron chi connectivity index (χ4n) is 1.87. The number of rotatable bonds is 7. The van der Waals surface area contributed by atoms with Crippen LogP contribution in [-0.2, 0) is 4.79 Å². The lowest BCUT2D eigenvalue weighted by Gasteiger charge is -2.12. The van der Waals surface area contributed by atoms with Crippen LogP contribution in [0.2, 0.25) is 0 Å². The molecule has 4 N–H and O–H groups in total. The molecule has 0 radical (unpaired) electrons. The maximum absolute atomic E-state index is 10.6. The molecule has 2 rings (SSSR count). The highest BCUT2D eigenvalue weighted by Gasteiger charge is 2.12. The van der Waals surface area contributed by atoms with Crippen molar-refractivity contribution in [3.8, 4) is 5.75 Å². The van der Waals surface area contributed by atoms with Gasteiger partial charge in [-0.15, -0.1) is 0 Å². The summed E-state index contributed by atoms with van der Waals surface area (Å²) >= 11 is 0. The van der Waals surface area contributed by atoms with E-state index in [4.69, 9.17) is 15.6 Å². The number of nitrogens with zero attached hydrogens (tertiary/aromatic N) is 2. The second-order valence-corrected chi connectivity index (χ2v) is 4.60. The number of aromatic nitrogens is 2. The Morgan fingerprint density at radius 1 is 1.36 bits per heavy atom. The Labute approximate surface area is 128 Å². The minimum Gasteiger partial charge on any atom is -0.492 e. The van der Waals surface area contributed by atoms with Crippen molar-refractivity contribution in [1.82, 2.24) is 9.97 Å². The van der Waals surface area contributed by atoms with Crippen molar-refractivity contribution in [2.75, 3.05) is 11.9 Å². The van der Waals surface area contributed by atoms with Gasteiger partial charge in [0.2, 0.25) is 5.95 Å². The Morgan fingerprint density at radius 3 is 2.68 bits per heavy atom. The fourth-order valence-corrected chi connectivity index (χ4v) is 1.87. The van der Waals surface area contributed by atoms with Crippen molar-refractivity contribution in [3.05, 3.63) is 42.2 Å². The summed E-state index contributed by atoms with van der Waals surface area (Å²) in [6, 6.07) is 6.84. The molecule has 0 amide bonds. The third kappa shape index (κ3) is 4.16. The summed E-state index contributed by atoms with van der Waals surface area (Å²) in [4.78, 5) is 18.9. The number of carboxylic acids is 1. The van der Waals surface area contributed by atoms with Gasteiger partial charge in [0.1, 0.15) is 5.75 Å². The van der Waals surface area contributed by atoms with E-state index >= 15 is 0 Å². The second-order valence-electron chi connectivity index (χ2n) is 4.60. The van der Waals surface area contributed by atoms with Gasteiger partial charge in [0.25, 0.3) is 0 Å². The third-order valence-electron chi connectivity index (χ3n) is 2.93. The lowest BCUT2D eigenvalue weighted by molar-refractivity contribution is -0.137. The summed E-state index contributed by atoms with van der Waals surface area (Å²) in [5.41, 5.74) is 7.09. The Morgan fingerprint density at radius 2 is 2.05 bits per heavy atom. The van der Waals surface area contributed by atoms with Crippen molar-refractivity contribution in [2.24, 2.45) is 5.73 Å². The second kappa shape index (κ2) is 7.37. The normalized spacial score (nSPS) is 11.7.